The van der Waals surface area contributed by atoms with Crippen LogP contribution in [0, 0.1) is 18.3 Å². The fourth-order valence-corrected chi connectivity index (χ4v) is 2.24. The van der Waals surface area contributed by atoms with E-state index in [9.17, 15) is 4.79 Å². The van der Waals surface area contributed by atoms with E-state index in [4.69, 9.17) is 21.0 Å². The van der Waals surface area contributed by atoms with Crippen LogP contribution >= 0.6 is 0 Å². The summed E-state index contributed by atoms with van der Waals surface area (Å²) >= 11 is 0. The minimum Gasteiger partial charge on any atom is -0.459 e. The number of nitrogens with one attached hydrogen (secondary N) is 1. The predicted octanol–water partition coefficient (Wildman–Crippen LogP) is 1.71. The van der Waals surface area contributed by atoms with Crippen molar-refractivity contribution in [3.63, 3.8) is 0 Å². The van der Waals surface area contributed by atoms with Crippen LogP contribution in [0.15, 0.2) is 36.1 Å². The van der Waals surface area contributed by atoms with Crippen molar-refractivity contribution in [3.05, 3.63) is 47.2 Å². The standard InChI is InChI=1S/C18H21NO4/c1-3-8-19-18(21)16-9-13(2)10-17(23-16)22-12-15-6-4-14(11-20)5-7-15/h1,4-7,9,13,17,20H,8,10-12H2,2H3,(H,19,21)/t13-,17+/m0/s1. The van der Waals surface area contributed by atoms with Crippen molar-refractivity contribution in [2.75, 3.05) is 6.54 Å². The first kappa shape index (κ1) is 17.1. The first-order chi connectivity index (χ1) is 11.1. The number of aliphatic hydroxyl groups is 1. The van der Waals surface area contributed by atoms with Crippen molar-refractivity contribution in [3.8, 4) is 12.3 Å². The van der Waals surface area contributed by atoms with Gasteiger partial charge in [-0.1, -0.05) is 37.1 Å². The third kappa shape index (κ3) is 5.13. The fraction of sp³-hybridized carbons (Fsp3) is 0.389. The molecule has 5 nitrogen and oxygen atoms in total. The number of aliphatic hydroxyl groups excluding tert-OH is 1. The topological polar surface area (TPSA) is 67.8 Å². The Balaban J connectivity index is 1.89. The molecule has 0 radical (unpaired) electrons. The van der Waals surface area contributed by atoms with Gasteiger partial charge in [-0.25, -0.2) is 0 Å². The van der Waals surface area contributed by atoms with Crippen LogP contribution in [0.3, 0.4) is 0 Å². The molecule has 0 aliphatic carbocycles. The van der Waals surface area contributed by atoms with Crippen LogP contribution in [0.1, 0.15) is 24.5 Å². The first-order valence-electron chi connectivity index (χ1n) is 7.52. The second-order valence-electron chi connectivity index (χ2n) is 5.46. The monoisotopic (exact) mass is 315 g/mol. The Labute approximate surface area is 136 Å². The van der Waals surface area contributed by atoms with E-state index in [-0.39, 0.29) is 30.7 Å². The number of amides is 1. The molecule has 1 aromatic carbocycles. The number of carbonyl (C=O) groups excluding carboxylic acids is 1. The number of rotatable bonds is 6. The third-order valence-electron chi connectivity index (χ3n) is 3.47. The highest BCUT2D eigenvalue weighted by molar-refractivity contribution is 5.91. The summed E-state index contributed by atoms with van der Waals surface area (Å²) in [5.74, 6) is 2.46. The number of ether oxygens (including phenoxy) is 2. The van der Waals surface area contributed by atoms with Crippen LogP contribution in [0.25, 0.3) is 0 Å². The minimum atomic E-state index is -0.473. The molecule has 0 saturated heterocycles. The maximum Gasteiger partial charge on any atom is 0.286 e. The lowest BCUT2D eigenvalue weighted by Gasteiger charge is -2.27. The molecule has 23 heavy (non-hydrogen) atoms. The molecule has 0 spiro atoms. The highest BCUT2D eigenvalue weighted by Gasteiger charge is 2.25. The van der Waals surface area contributed by atoms with Crippen molar-refractivity contribution in [1.82, 2.24) is 5.32 Å². The minimum absolute atomic E-state index is 0.0192. The van der Waals surface area contributed by atoms with Gasteiger partial charge in [0.1, 0.15) is 0 Å². The van der Waals surface area contributed by atoms with Gasteiger partial charge in [-0.3, -0.25) is 4.79 Å². The number of hydrogen-bond acceptors (Lipinski definition) is 4. The summed E-state index contributed by atoms with van der Waals surface area (Å²) in [4.78, 5) is 11.9. The summed E-state index contributed by atoms with van der Waals surface area (Å²) in [5, 5.41) is 11.6. The molecular formula is C18H21NO4. The highest BCUT2D eigenvalue weighted by Crippen LogP contribution is 2.23. The van der Waals surface area contributed by atoms with Crippen LogP contribution in [0.5, 0.6) is 0 Å². The molecule has 1 aromatic rings. The van der Waals surface area contributed by atoms with Crippen LogP contribution in [0.2, 0.25) is 0 Å². The third-order valence-corrected chi connectivity index (χ3v) is 3.47. The molecule has 1 aliphatic rings. The lowest BCUT2D eigenvalue weighted by Crippen LogP contribution is -2.32. The summed E-state index contributed by atoms with van der Waals surface area (Å²) in [7, 11) is 0. The molecule has 0 unspecified atom stereocenters. The van der Waals surface area contributed by atoms with E-state index in [1.807, 2.05) is 31.2 Å². The van der Waals surface area contributed by atoms with Crippen molar-refractivity contribution in [2.24, 2.45) is 5.92 Å². The summed E-state index contributed by atoms with van der Waals surface area (Å²) in [5.41, 5.74) is 1.83. The summed E-state index contributed by atoms with van der Waals surface area (Å²) in [6, 6.07) is 7.49. The zero-order valence-corrected chi connectivity index (χ0v) is 13.1. The van der Waals surface area contributed by atoms with Gasteiger partial charge in [-0.15, -0.1) is 6.42 Å². The Hall–Kier alpha value is -2.29. The van der Waals surface area contributed by atoms with Gasteiger partial charge in [0.25, 0.3) is 5.91 Å². The zero-order valence-electron chi connectivity index (χ0n) is 13.1. The Bertz CT molecular complexity index is 600. The zero-order chi connectivity index (χ0) is 16.7. The largest absolute Gasteiger partial charge is 0.459 e. The maximum atomic E-state index is 11.9. The Kier molecular flexibility index (Phi) is 6.21. The number of terminal acetylenes is 1. The van der Waals surface area contributed by atoms with Crippen molar-refractivity contribution >= 4 is 5.91 Å². The Morgan fingerprint density at radius 1 is 1.43 bits per heavy atom. The van der Waals surface area contributed by atoms with E-state index in [0.29, 0.717) is 13.0 Å². The van der Waals surface area contributed by atoms with Gasteiger partial charge in [-0.05, 0) is 23.1 Å². The summed E-state index contributed by atoms with van der Waals surface area (Å²) < 4.78 is 11.4. The molecule has 1 aliphatic heterocycles. The molecule has 2 rings (SSSR count). The Morgan fingerprint density at radius 3 is 2.78 bits per heavy atom. The molecule has 0 saturated carbocycles. The van der Waals surface area contributed by atoms with Crippen LogP contribution < -0.4 is 5.32 Å². The van der Waals surface area contributed by atoms with E-state index < -0.39 is 6.29 Å². The van der Waals surface area contributed by atoms with Gasteiger partial charge < -0.3 is 19.9 Å². The van der Waals surface area contributed by atoms with E-state index in [1.165, 1.54) is 0 Å². The second-order valence-corrected chi connectivity index (χ2v) is 5.46. The first-order valence-corrected chi connectivity index (χ1v) is 7.52. The molecule has 1 amide bonds. The van der Waals surface area contributed by atoms with Gasteiger partial charge in [0.2, 0.25) is 6.29 Å². The Morgan fingerprint density at radius 2 is 2.13 bits per heavy atom. The van der Waals surface area contributed by atoms with E-state index in [1.54, 1.807) is 6.08 Å². The lowest BCUT2D eigenvalue weighted by molar-refractivity contribution is -0.152. The van der Waals surface area contributed by atoms with Gasteiger partial charge in [0.15, 0.2) is 5.76 Å². The normalized spacial score (nSPS) is 20.1. The fourth-order valence-electron chi connectivity index (χ4n) is 2.24. The second kappa shape index (κ2) is 8.37. The van der Waals surface area contributed by atoms with E-state index in [0.717, 1.165) is 11.1 Å². The molecule has 2 atom stereocenters. The van der Waals surface area contributed by atoms with Crippen molar-refractivity contribution < 1.29 is 19.4 Å². The van der Waals surface area contributed by atoms with Gasteiger partial charge >= 0.3 is 0 Å². The SMILES string of the molecule is C#CCNC(=O)C1=C[C@H](C)C[C@H](OCc2ccc(CO)cc2)O1. The maximum absolute atomic E-state index is 11.9. The quantitative estimate of drug-likeness (QED) is 0.784. The average molecular weight is 315 g/mol. The predicted molar refractivity (Wildman–Crippen MR) is 85.7 cm³/mol. The molecule has 1 heterocycles. The smallest absolute Gasteiger partial charge is 0.286 e. The van der Waals surface area contributed by atoms with Gasteiger partial charge in [0.05, 0.1) is 19.8 Å². The summed E-state index contributed by atoms with van der Waals surface area (Å²) in [6.07, 6.45) is 7.12. The summed E-state index contributed by atoms with van der Waals surface area (Å²) in [6.45, 7) is 2.56. The molecule has 0 fully saturated rings. The molecule has 2 N–H and O–H groups in total. The van der Waals surface area contributed by atoms with E-state index >= 15 is 0 Å². The molecule has 0 aromatic heterocycles. The molecule has 122 valence electrons. The highest BCUT2D eigenvalue weighted by atomic mass is 16.7. The van der Waals surface area contributed by atoms with Crippen molar-refractivity contribution in [1.29, 1.82) is 0 Å². The average Bonchev–Trinajstić information content (AvgIpc) is 2.57. The number of carbonyl (C=O) groups is 1. The van der Waals surface area contributed by atoms with Crippen LogP contribution in [0.4, 0.5) is 0 Å². The van der Waals surface area contributed by atoms with Crippen LogP contribution in [-0.2, 0) is 27.5 Å². The number of benzene rings is 1. The molecular weight excluding hydrogens is 294 g/mol. The van der Waals surface area contributed by atoms with Crippen molar-refractivity contribution in [2.45, 2.75) is 32.8 Å². The molecule has 5 heteroatoms. The molecule has 0 bridgehead atoms. The van der Waals surface area contributed by atoms with E-state index in [2.05, 4.69) is 11.2 Å². The van der Waals surface area contributed by atoms with Gasteiger partial charge in [-0.2, -0.15) is 0 Å². The van der Waals surface area contributed by atoms with Crippen LogP contribution in [-0.4, -0.2) is 23.8 Å². The number of allylic oxidation sites excluding steroid dienone is 1. The number of hydrogen-bond donors (Lipinski definition) is 2. The van der Waals surface area contributed by atoms with Gasteiger partial charge in [0, 0.05) is 6.42 Å². The lowest BCUT2D eigenvalue weighted by atomic mass is 10.0.